The fraction of sp³-hybridized carbons (Fsp3) is 0.571. The summed E-state index contributed by atoms with van der Waals surface area (Å²) >= 11 is 0. The Morgan fingerprint density at radius 3 is 2.81 bits per heavy atom. The van der Waals surface area contributed by atoms with Crippen LogP contribution in [0.3, 0.4) is 0 Å². The highest BCUT2D eigenvalue weighted by atomic mass is 14.9. The minimum atomic E-state index is 0.871. The van der Waals surface area contributed by atoms with Gasteiger partial charge < -0.3 is 0 Å². The molecule has 0 spiro atoms. The third-order valence-electron chi connectivity index (χ3n) is 2.67. The quantitative estimate of drug-likeness (QED) is 0.511. The summed E-state index contributed by atoms with van der Waals surface area (Å²) in [7, 11) is 0. The van der Waals surface area contributed by atoms with E-state index in [1.807, 2.05) is 6.07 Å². The lowest BCUT2D eigenvalue weighted by molar-refractivity contribution is 0.682. The predicted molar refractivity (Wildman–Crippen MR) is 70.5 cm³/mol. The Kier molecular flexibility index (Phi) is 5.76. The Bertz CT molecular complexity index is 342. The number of rotatable bonds is 6. The molecule has 0 unspecified atom stereocenters. The molecule has 0 aromatic carbocycles. The summed E-state index contributed by atoms with van der Waals surface area (Å²) in [6, 6.07) is 4.00. The number of hydrogen-bond acceptors (Lipinski definition) is 2. The molecule has 1 aromatic rings. The van der Waals surface area contributed by atoms with Gasteiger partial charge >= 0.3 is 0 Å². The molecule has 0 fully saturated rings. The van der Waals surface area contributed by atoms with Crippen molar-refractivity contribution in [1.29, 1.82) is 0 Å². The van der Waals surface area contributed by atoms with Gasteiger partial charge in [0, 0.05) is 11.9 Å². The standard InChI is InChI=1S/C14H22N2/c1-4-5-6-7-10-13(3)16-14-12(2)9-8-11-15-14/h8-9,11H,4-7,10H2,1-3H3. The Balaban J connectivity index is 2.47. The van der Waals surface area contributed by atoms with E-state index < -0.39 is 0 Å². The first-order chi connectivity index (χ1) is 7.74. The average molecular weight is 218 g/mol. The van der Waals surface area contributed by atoms with E-state index in [1.165, 1.54) is 31.4 Å². The van der Waals surface area contributed by atoms with Crippen molar-refractivity contribution in [3.63, 3.8) is 0 Å². The fourth-order valence-corrected chi connectivity index (χ4v) is 1.64. The maximum atomic E-state index is 4.56. The first-order valence-corrected chi connectivity index (χ1v) is 6.20. The van der Waals surface area contributed by atoms with E-state index >= 15 is 0 Å². The lowest BCUT2D eigenvalue weighted by Crippen LogP contribution is -1.92. The molecule has 88 valence electrons. The van der Waals surface area contributed by atoms with Crippen molar-refractivity contribution in [2.75, 3.05) is 0 Å². The Hall–Kier alpha value is -1.18. The van der Waals surface area contributed by atoms with Crippen LogP contribution in [0.15, 0.2) is 23.3 Å². The lowest BCUT2D eigenvalue weighted by Gasteiger charge is -2.02. The Morgan fingerprint density at radius 1 is 1.31 bits per heavy atom. The molecule has 1 heterocycles. The molecule has 16 heavy (non-hydrogen) atoms. The molecule has 0 radical (unpaired) electrons. The van der Waals surface area contributed by atoms with Gasteiger partial charge in [0.1, 0.15) is 0 Å². The van der Waals surface area contributed by atoms with Crippen molar-refractivity contribution in [3.05, 3.63) is 23.9 Å². The third kappa shape index (κ3) is 4.56. The van der Waals surface area contributed by atoms with E-state index in [1.54, 1.807) is 6.20 Å². The molecule has 0 saturated carbocycles. The van der Waals surface area contributed by atoms with E-state index in [0.29, 0.717) is 0 Å². The minimum Gasteiger partial charge on any atom is -0.238 e. The predicted octanol–water partition coefficient (Wildman–Crippen LogP) is 4.45. The van der Waals surface area contributed by atoms with Gasteiger partial charge in [-0.25, -0.2) is 9.98 Å². The van der Waals surface area contributed by atoms with E-state index in [4.69, 9.17) is 0 Å². The van der Waals surface area contributed by atoms with Crippen LogP contribution >= 0.6 is 0 Å². The van der Waals surface area contributed by atoms with Gasteiger partial charge in [-0.15, -0.1) is 0 Å². The zero-order valence-electron chi connectivity index (χ0n) is 10.7. The van der Waals surface area contributed by atoms with Crippen LogP contribution in [0.1, 0.15) is 51.5 Å². The molecule has 1 aromatic heterocycles. The monoisotopic (exact) mass is 218 g/mol. The highest BCUT2D eigenvalue weighted by Gasteiger charge is 1.97. The lowest BCUT2D eigenvalue weighted by atomic mass is 10.1. The van der Waals surface area contributed by atoms with Crippen LogP contribution < -0.4 is 0 Å². The number of nitrogens with zero attached hydrogens (tertiary/aromatic N) is 2. The molecule has 0 atom stereocenters. The van der Waals surface area contributed by atoms with Gasteiger partial charge in [-0.3, -0.25) is 0 Å². The van der Waals surface area contributed by atoms with Crippen molar-refractivity contribution in [2.24, 2.45) is 4.99 Å². The number of hydrogen-bond donors (Lipinski definition) is 0. The smallest absolute Gasteiger partial charge is 0.154 e. The summed E-state index contributed by atoms with van der Waals surface area (Å²) in [6.07, 6.45) is 8.07. The van der Waals surface area contributed by atoms with E-state index in [0.717, 1.165) is 17.8 Å². The van der Waals surface area contributed by atoms with Crippen LogP contribution in [0.2, 0.25) is 0 Å². The first kappa shape index (κ1) is 12.9. The van der Waals surface area contributed by atoms with Gasteiger partial charge in [-0.1, -0.05) is 32.3 Å². The van der Waals surface area contributed by atoms with Gasteiger partial charge in [-0.05, 0) is 38.3 Å². The SMILES string of the molecule is CCCCCCC(C)=Nc1ncccc1C. The molecule has 2 nitrogen and oxygen atoms in total. The minimum absolute atomic E-state index is 0.871. The zero-order valence-corrected chi connectivity index (χ0v) is 10.7. The molecule has 1 rings (SSSR count). The maximum absolute atomic E-state index is 4.56. The summed E-state index contributed by atoms with van der Waals surface area (Å²) in [5.74, 6) is 0.871. The highest BCUT2D eigenvalue weighted by Crippen LogP contribution is 2.15. The molecular weight excluding hydrogens is 196 g/mol. The second kappa shape index (κ2) is 7.15. The number of unbranched alkanes of at least 4 members (excludes halogenated alkanes) is 3. The second-order valence-electron chi connectivity index (χ2n) is 4.30. The highest BCUT2D eigenvalue weighted by molar-refractivity contribution is 5.84. The topological polar surface area (TPSA) is 25.2 Å². The van der Waals surface area contributed by atoms with Crippen LogP contribution in [0.4, 0.5) is 5.82 Å². The van der Waals surface area contributed by atoms with Crippen molar-refractivity contribution in [3.8, 4) is 0 Å². The zero-order chi connectivity index (χ0) is 11.8. The summed E-state index contributed by atoms with van der Waals surface area (Å²) in [5.41, 5.74) is 2.34. The Morgan fingerprint density at radius 2 is 2.12 bits per heavy atom. The molecular formula is C14H22N2. The average Bonchev–Trinajstić information content (AvgIpc) is 2.28. The number of aliphatic imine (C=N–C) groups is 1. The fourth-order valence-electron chi connectivity index (χ4n) is 1.64. The Labute approximate surface area is 98.8 Å². The van der Waals surface area contributed by atoms with Crippen molar-refractivity contribution >= 4 is 11.5 Å². The van der Waals surface area contributed by atoms with Gasteiger partial charge in [-0.2, -0.15) is 0 Å². The maximum Gasteiger partial charge on any atom is 0.154 e. The van der Waals surface area contributed by atoms with Crippen LogP contribution in [0.5, 0.6) is 0 Å². The van der Waals surface area contributed by atoms with Gasteiger partial charge in [0.2, 0.25) is 0 Å². The summed E-state index contributed by atoms with van der Waals surface area (Å²) in [5, 5.41) is 0. The third-order valence-corrected chi connectivity index (χ3v) is 2.67. The van der Waals surface area contributed by atoms with E-state index in [9.17, 15) is 0 Å². The van der Waals surface area contributed by atoms with Crippen LogP contribution in [0, 0.1) is 6.92 Å². The van der Waals surface area contributed by atoms with E-state index in [-0.39, 0.29) is 0 Å². The van der Waals surface area contributed by atoms with Crippen molar-refractivity contribution in [1.82, 2.24) is 4.98 Å². The number of aromatic nitrogens is 1. The van der Waals surface area contributed by atoms with Crippen LogP contribution in [-0.4, -0.2) is 10.7 Å². The van der Waals surface area contributed by atoms with Crippen LogP contribution in [-0.2, 0) is 0 Å². The summed E-state index contributed by atoms with van der Waals surface area (Å²) < 4.78 is 0. The number of pyridine rings is 1. The molecule has 0 N–H and O–H groups in total. The molecule has 0 saturated heterocycles. The summed E-state index contributed by atoms with van der Waals surface area (Å²) in [6.45, 7) is 6.38. The molecule has 2 heteroatoms. The second-order valence-corrected chi connectivity index (χ2v) is 4.30. The van der Waals surface area contributed by atoms with Crippen molar-refractivity contribution < 1.29 is 0 Å². The molecule has 0 amide bonds. The molecule has 0 bridgehead atoms. The van der Waals surface area contributed by atoms with Gasteiger partial charge in [0.05, 0.1) is 0 Å². The number of aryl methyl sites for hydroxylation is 1. The largest absolute Gasteiger partial charge is 0.238 e. The molecule has 0 aliphatic rings. The van der Waals surface area contributed by atoms with Gasteiger partial charge in [0.15, 0.2) is 5.82 Å². The van der Waals surface area contributed by atoms with Crippen LogP contribution in [0.25, 0.3) is 0 Å². The van der Waals surface area contributed by atoms with Gasteiger partial charge in [0.25, 0.3) is 0 Å². The normalized spacial score (nSPS) is 11.8. The molecule has 0 aliphatic carbocycles. The first-order valence-electron chi connectivity index (χ1n) is 6.20. The molecule has 0 aliphatic heterocycles. The summed E-state index contributed by atoms with van der Waals surface area (Å²) in [4.78, 5) is 8.84. The van der Waals surface area contributed by atoms with E-state index in [2.05, 4.69) is 36.8 Å². The van der Waals surface area contributed by atoms with Crippen molar-refractivity contribution in [2.45, 2.75) is 52.9 Å².